The lowest BCUT2D eigenvalue weighted by atomic mass is 10.1. The molecule has 18 heavy (non-hydrogen) atoms. The lowest BCUT2D eigenvalue weighted by Crippen LogP contribution is -1.96. The first-order valence-corrected chi connectivity index (χ1v) is 6.92. The molecule has 0 radical (unpaired) electrons. The molecule has 6 nitrogen and oxygen atoms in total. The molecule has 0 aliphatic heterocycles. The predicted octanol–water partition coefficient (Wildman–Crippen LogP) is 1.34. The number of aromatic nitrogens is 2. The average molecular weight is 266 g/mol. The maximum Gasteiger partial charge on any atom is 0.335 e. The van der Waals surface area contributed by atoms with E-state index in [1.807, 2.05) is 0 Å². The van der Waals surface area contributed by atoms with Crippen LogP contribution in [0, 0.1) is 0 Å². The number of carbonyl (C=O) groups excluding carboxylic acids is 1. The summed E-state index contributed by atoms with van der Waals surface area (Å²) >= 11 is 0. The van der Waals surface area contributed by atoms with E-state index in [2.05, 4.69) is 10.2 Å². The first-order chi connectivity index (χ1) is 8.38. The Morgan fingerprint density at radius 1 is 1.17 bits per heavy atom. The molecule has 1 aromatic heterocycles. The zero-order chi connectivity index (χ0) is 13.3. The standard InChI is InChI=1S/C11H10N2O4S/c1-7(14)8-3-5-9(6-4-8)10-12-13-11(17-10)18(2,15)16/h3-6H,1-2H3. The number of sulfone groups is 1. The molecule has 0 bridgehead atoms. The van der Waals surface area contributed by atoms with E-state index in [0.29, 0.717) is 11.1 Å². The second-order valence-corrected chi connectivity index (χ2v) is 5.67. The van der Waals surface area contributed by atoms with Gasteiger partial charge in [0.05, 0.1) is 0 Å². The molecule has 7 heteroatoms. The van der Waals surface area contributed by atoms with Gasteiger partial charge in [0.25, 0.3) is 0 Å². The number of hydrogen-bond acceptors (Lipinski definition) is 6. The van der Waals surface area contributed by atoms with Crippen LogP contribution in [-0.2, 0) is 9.84 Å². The number of ketones is 1. The van der Waals surface area contributed by atoms with Crippen molar-refractivity contribution in [2.24, 2.45) is 0 Å². The van der Waals surface area contributed by atoms with Crippen LogP contribution in [0.25, 0.3) is 11.5 Å². The van der Waals surface area contributed by atoms with Gasteiger partial charge in [-0.1, -0.05) is 17.2 Å². The Hall–Kier alpha value is -2.02. The van der Waals surface area contributed by atoms with Crippen LogP contribution in [0.4, 0.5) is 0 Å². The van der Waals surface area contributed by atoms with E-state index in [1.54, 1.807) is 24.3 Å². The molecule has 0 aliphatic rings. The predicted molar refractivity (Wildman–Crippen MR) is 62.8 cm³/mol. The Bertz CT molecular complexity index is 686. The van der Waals surface area contributed by atoms with E-state index in [4.69, 9.17) is 4.42 Å². The van der Waals surface area contributed by atoms with Crippen molar-refractivity contribution < 1.29 is 17.6 Å². The summed E-state index contributed by atoms with van der Waals surface area (Å²) in [6.07, 6.45) is 0.989. The van der Waals surface area contributed by atoms with Crippen LogP contribution in [0.3, 0.4) is 0 Å². The fourth-order valence-corrected chi connectivity index (χ4v) is 1.74. The van der Waals surface area contributed by atoms with E-state index in [-0.39, 0.29) is 11.7 Å². The van der Waals surface area contributed by atoms with Crippen LogP contribution in [0.1, 0.15) is 17.3 Å². The minimum Gasteiger partial charge on any atom is -0.408 e. The average Bonchev–Trinajstić information content (AvgIpc) is 2.78. The number of Topliss-reactive ketones (excluding diaryl/α,β-unsaturated/α-hetero) is 1. The van der Waals surface area contributed by atoms with Gasteiger partial charge in [-0.2, -0.15) is 0 Å². The molecule has 0 atom stereocenters. The third-order valence-electron chi connectivity index (χ3n) is 2.26. The highest BCUT2D eigenvalue weighted by Crippen LogP contribution is 2.20. The molecule has 0 fully saturated rings. The SMILES string of the molecule is CC(=O)c1ccc(-c2nnc(S(C)(=O)=O)o2)cc1. The van der Waals surface area contributed by atoms with Gasteiger partial charge in [0.15, 0.2) is 5.78 Å². The summed E-state index contributed by atoms with van der Waals surface area (Å²) in [4.78, 5) is 11.1. The summed E-state index contributed by atoms with van der Waals surface area (Å²) in [7, 11) is -3.51. The molecule has 2 rings (SSSR count). The molecule has 0 saturated heterocycles. The Morgan fingerprint density at radius 3 is 2.22 bits per heavy atom. The molecule has 0 saturated carbocycles. The summed E-state index contributed by atoms with van der Waals surface area (Å²) < 4.78 is 27.4. The van der Waals surface area contributed by atoms with E-state index >= 15 is 0 Å². The number of nitrogens with zero attached hydrogens (tertiary/aromatic N) is 2. The van der Waals surface area contributed by atoms with Gasteiger partial charge < -0.3 is 4.42 Å². The Balaban J connectivity index is 2.38. The maximum atomic E-state index is 11.2. The van der Waals surface area contributed by atoms with Gasteiger partial charge in [-0.05, 0) is 19.1 Å². The molecule has 0 spiro atoms. The zero-order valence-electron chi connectivity index (χ0n) is 9.75. The van der Waals surface area contributed by atoms with Crippen molar-refractivity contribution in [3.63, 3.8) is 0 Å². The molecule has 0 amide bonds. The van der Waals surface area contributed by atoms with E-state index in [9.17, 15) is 13.2 Å². The second kappa shape index (κ2) is 4.34. The monoisotopic (exact) mass is 266 g/mol. The fourth-order valence-electron chi connectivity index (χ4n) is 1.32. The fraction of sp³-hybridized carbons (Fsp3) is 0.182. The van der Waals surface area contributed by atoms with Gasteiger partial charge >= 0.3 is 5.22 Å². The highest BCUT2D eigenvalue weighted by Gasteiger charge is 2.17. The third kappa shape index (κ3) is 2.45. The van der Waals surface area contributed by atoms with Gasteiger partial charge in [0, 0.05) is 17.4 Å². The van der Waals surface area contributed by atoms with Crippen molar-refractivity contribution in [1.82, 2.24) is 10.2 Å². The van der Waals surface area contributed by atoms with Gasteiger partial charge in [-0.15, -0.1) is 5.10 Å². The molecule has 0 aliphatic carbocycles. The van der Waals surface area contributed by atoms with Crippen molar-refractivity contribution in [3.05, 3.63) is 29.8 Å². The van der Waals surface area contributed by atoms with Crippen molar-refractivity contribution in [1.29, 1.82) is 0 Å². The number of rotatable bonds is 3. The lowest BCUT2D eigenvalue weighted by Gasteiger charge is -1.96. The molecular weight excluding hydrogens is 256 g/mol. The van der Waals surface area contributed by atoms with Crippen LogP contribution in [-0.4, -0.2) is 30.7 Å². The smallest absolute Gasteiger partial charge is 0.335 e. The molecular formula is C11H10N2O4S. The molecule has 1 aromatic carbocycles. The molecule has 0 N–H and O–H groups in total. The van der Waals surface area contributed by atoms with Crippen LogP contribution >= 0.6 is 0 Å². The van der Waals surface area contributed by atoms with Gasteiger partial charge in [-0.25, -0.2) is 8.42 Å². The Labute approximate surface area is 104 Å². The van der Waals surface area contributed by atoms with Crippen LogP contribution in [0.15, 0.2) is 33.9 Å². The summed E-state index contributed by atoms with van der Waals surface area (Å²) in [5, 5.41) is 6.67. The van der Waals surface area contributed by atoms with Gasteiger partial charge in [0.2, 0.25) is 15.7 Å². The van der Waals surface area contributed by atoms with Gasteiger partial charge in [0.1, 0.15) is 0 Å². The normalized spacial score (nSPS) is 11.4. The minimum absolute atomic E-state index is 0.0519. The minimum atomic E-state index is -3.51. The lowest BCUT2D eigenvalue weighted by molar-refractivity contribution is 0.101. The van der Waals surface area contributed by atoms with E-state index < -0.39 is 15.1 Å². The maximum absolute atomic E-state index is 11.2. The van der Waals surface area contributed by atoms with Crippen molar-refractivity contribution >= 4 is 15.6 Å². The largest absolute Gasteiger partial charge is 0.408 e. The van der Waals surface area contributed by atoms with Crippen LogP contribution in [0.5, 0.6) is 0 Å². The van der Waals surface area contributed by atoms with Crippen LogP contribution in [0.2, 0.25) is 0 Å². The first-order valence-electron chi connectivity index (χ1n) is 5.03. The van der Waals surface area contributed by atoms with Crippen molar-refractivity contribution in [3.8, 4) is 11.5 Å². The summed E-state index contributed by atoms with van der Waals surface area (Å²) in [6.45, 7) is 1.46. The van der Waals surface area contributed by atoms with Gasteiger partial charge in [-0.3, -0.25) is 4.79 Å². The zero-order valence-corrected chi connectivity index (χ0v) is 10.6. The molecule has 2 aromatic rings. The Morgan fingerprint density at radius 2 is 1.78 bits per heavy atom. The number of hydrogen-bond donors (Lipinski definition) is 0. The van der Waals surface area contributed by atoms with Crippen molar-refractivity contribution in [2.75, 3.05) is 6.26 Å². The number of benzene rings is 1. The molecule has 1 heterocycles. The molecule has 94 valence electrons. The highest BCUT2D eigenvalue weighted by molar-refractivity contribution is 7.90. The van der Waals surface area contributed by atoms with E-state index in [0.717, 1.165) is 6.26 Å². The topological polar surface area (TPSA) is 90.1 Å². The van der Waals surface area contributed by atoms with Crippen molar-refractivity contribution in [2.45, 2.75) is 12.1 Å². The summed E-state index contributed by atoms with van der Waals surface area (Å²) in [6, 6.07) is 6.47. The van der Waals surface area contributed by atoms with Crippen LogP contribution < -0.4 is 0 Å². The van der Waals surface area contributed by atoms with E-state index in [1.165, 1.54) is 6.92 Å². The number of carbonyl (C=O) groups is 1. The second-order valence-electron chi connectivity index (χ2n) is 3.78. The third-order valence-corrected chi connectivity index (χ3v) is 3.06. The summed E-state index contributed by atoms with van der Waals surface area (Å²) in [5.74, 6) is 0.0504. The Kier molecular flexibility index (Phi) is 3.00. The quantitative estimate of drug-likeness (QED) is 0.779. The highest BCUT2D eigenvalue weighted by atomic mass is 32.2. The first kappa shape index (κ1) is 12.4. The summed E-state index contributed by atoms with van der Waals surface area (Å²) in [5.41, 5.74) is 1.11. The molecule has 0 unspecified atom stereocenters.